The Balaban J connectivity index is 1.92. The lowest BCUT2D eigenvalue weighted by molar-refractivity contribution is -0.121. The monoisotopic (exact) mass is 289 g/mol. The molecule has 0 unspecified atom stereocenters. The van der Waals surface area contributed by atoms with Gasteiger partial charge in [0.1, 0.15) is 0 Å². The van der Waals surface area contributed by atoms with E-state index < -0.39 is 0 Å². The molecule has 0 aliphatic carbocycles. The number of piperidine rings is 1. The van der Waals surface area contributed by atoms with Gasteiger partial charge in [-0.15, -0.1) is 0 Å². The van der Waals surface area contributed by atoms with E-state index in [4.69, 9.17) is 0 Å². The molecule has 0 spiro atoms. The molecule has 0 bridgehead atoms. The number of hydrogen-bond acceptors (Lipinski definition) is 3. The first-order valence-electron chi connectivity index (χ1n) is 7.98. The average molecular weight is 289 g/mol. The van der Waals surface area contributed by atoms with Gasteiger partial charge in [-0.1, -0.05) is 0 Å². The van der Waals surface area contributed by atoms with Crippen LogP contribution in [0, 0.1) is 5.92 Å². The molecule has 1 saturated heterocycles. The summed E-state index contributed by atoms with van der Waals surface area (Å²) in [5.74, 6) is 0.322. The average Bonchev–Trinajstić information content (AvgIpc) is 2.51. The zero-order chi connectivity index (χ0) is 15.2. The highest BCUT2D eigenvalue weighted by Gasteiger charge is 2.23. The van der Waals surface area contributed by atoms with Crippen LogP contribution in [-0.2, 0) is 4.79 Å². The van der Waals surface area contributed by atoms with E-state index in [1.165, 1.54) is 5.69 Å². The van der Waals surface area contributed by atoms with Gasteiger partial charge in [0.15, 0.2) is 0 Å². The highest BCUT2D eigenvalue weighted by Crippen LogP contribution is 2.21. The predicted octanol–water partition coefficient (Wildman–Crippen LogP) is 2.81. The van der Waals surface area contributed by atoms with Crippen molar-refractivity contribution in [2.45, 2.75) is 26.7 Å². The molecule has 0 aromatic heterocycles. The molecular weight excluding hydrogens is 262 g/mol. The van der Waals surface area contributed by atoms with Crippen molar-refractivity contribution in [3.8, 4) is 0 Å². The third-order valence-electron chi connectivity index (χ3n) is 4.35. The van der Waals surface area contributed by atoms with E-state index in [9.17, 15) is 4.79 Å². The van der Waals surface area contributed by atoms with Crippen molar-refractivity contribution in [1.29, 1.82) is 0 Å². The fourth-order valence-corrected chi connectivity index (χ4v) is 2.86. The SMILES string of the molecule is CCN(CC)c1ccc(NC(=O)C2CCN(C)CC2)cc1. The Kier molecular flexibility index (Phi) is 5.62. The number of rotatable bonds is 5. The highest BCUT2D eigenvalue weighted by molar-refractivity contribution is 5.92. The molecule has 0 radical (unpaired) electrons. The predicted molar refractivity (Wildman–Crippen MR) is 88.9 cm³/mol. The molecule has 1 N–H and O–H groups in total. The second-order valence-electron chi connectivity index (χ2n) is 5.79. The Bertz CT molecular complexity index is 446. The Labute approximate surface area is 128 Å². The molecule has 0 atom stereocenters. The molecule has 1 aliphatic rings. The van der Waals surface area contributed by atoms with Gasteiger partial charge in [0.2, 0.25) is 5.91 Å². The zero-order valence-corrected chi connectivity index (χ0v) is 13.4. The summed E-state index contributed by atoms with van der Waals surface area (Å²) in [6.07, 6.45) is 1.92. The van der Waals surface area contributed by atoms with E-state index in [1.807, 2.05) is 12.1 Å². The molecule has 4 heteroatoms. The first-order chi connectivity index (χ1) is 10.1. The normalized spacial score (nSPS) is 16.7. The molecule has 21 heavy (non-hydrogen) atoms. The first kappa shape index (κ1) is 15.8. The van der Waals surface area contributed by atoms with Crippen LogP contribution in [0.4, 0.5) is 11.4 Å². The van der Waals surface area contributed by atoms with Crippen LogP contribution in [0.2, 0.25) is 0 Å². The lowest BCUT2D eigenvalue weighted by Crippen LogP contribution is -2.35. The van der Waals surface area contributed by atoms with E-state index in [1.54, 1.807) is 0 Å². The lowest BCUT2D eigenvalue weighted by Gasteiger charge is -2.28. The van der Waals surface area contributed by atoms with Gasteiger partial charge in [0, 0.05) is 30.4 Å². The highest BCUT2D eigenvalue weighted by atomic mass is 16.1. The molecule has 1 aromatic rings. The number of carbonyl (C=O) groups excluding carboxylic acids is 1. The summed E-state index contributed by atoms with van der Waals surface area (Å²) in [7, 11) is 2.11. The standard InChI is InChI=1S/C17H27N3O/c1-4-20(5-2)16-8-6-15(7-9-16)18-17(21)14-10-12-19(3)13-11-14/h6-9,14H,4-5,10-13H2,1-3H3,(H,18,21). The number of carbonyl (C=O) groups is 1. The molecule has 4 nitrogen and oxygen atoms in total. The van der Waals surface area contributed by atoms with Gasteiger partial charge in [-0.25, -0.2) is 0 Å². The van der Waals surface area contributed by atoms with Gasteiger partial charge in [0.25, 0.3) is 0 Å². The van der Waals surface area contributed by atoms with Crippen LogP contribution in [0.3, 0.4) is 0 Å². The van der Waals surface area contributed by atoms with Crippen LogP contribution in [0.1, 0.15) is 26.7 Å². The number of benzene rings is 1. The number of nitrogens with one attached hydrogen (secondary N) is 1. The van der Waals surface area contributed by atoms with E-state index in [-0.39, 0.29) is 11.8 Å². The summed E-state index contributed by atoms with van der Waals surface area (Å²) in [5.41, 5.74) is 2.10. The largest absolute Gasteiger partial charge is 0.372 e. The smallest absolute Gasteiger partial charge is 0.227 e. The maximum absolute atomic E-state index is 12.3. The van der Waals surface area contributed by atoms with Crippen LogP contribution in [-0.4, -0.2) is 44.0 Å². The Morgan fingerprint density at radius 1 is 1.19 bits per heavy atom. The Morgan fingerprint density at radius 2 is 1.76 bits per heavy atom. The van der Waals surface area contributed by atoms with Crippen molar-refractivity contribution in [1.82, 2.24) is 4.90 Å². The van der Waals surface area contributed by atoms with Crippen LogP contribution in [0.25, 0.3) is 0 Å². The molecule has 1 aliphatic heterocycles. The first-order valence-corrected chi connectivity index (χ1v) is 7.98. The van der Waals surface area contributed by atoms with Gasteiger partial charge in [-0.3, -0.25) is 4.79 Å². The van der Waals surface area contributed by atoms with E-state index in [2.05, 4.69) is 48.1 Å². The molecule has 0 saturated carbocycles. The van der Waals surface area contributed by atoms with E-state index in [0.29, 0.717) is 0 Å². The van der Waals surface area contributed by atoms with Crippen LogP contribution in [0.15, 0.2) is 24.3 Å². The maximum atomic E-state index is 12.3. The summed E-state index contributed by atoms with van der Waals surface area (Å²) < 4.78 is 0. The lowest BCUT2D eigenvalue weighted by atomic mass is 9.96. The fraction of sp³-hybridized carbons (Fsp3) is 0.588. The van der Waals surface area contributed by atoms with Gasteiger partial charge in [0.05, 0.1) is 0 Å². The van der Waals surface area contributed by atoms with Crippen molar-refractivity contribution in [3.63, 3.8) is 0 Å². The second-order valence-corrected chi connectivity index (χ2v) is 5.79. The quantitative estimate of drug-likeness (QED) is 0.905. The summed E-state index contributed by atoms with van der Waals surface area (Å²) >= 11 is 0. The summed E-state index contributed by atoms with van der Waals surface area (Å²) in [6, 6.07) is 8.16. The topological polar surface area (TPSA) is 35.6 Å². The maximum Gasteiger partial charge on any atom is 0.227 e. The Morgan fingerprint density at radius 3 is 2.29 bits per heavy atom. The van der Waals surface area contributed by atoms with Gasteiger partial charge < -0.3 is 15.1 Å². The summed E-state index contributed by atoms with van der Waals surface area (Å²) in [4.78, 5) is 16.8. The number of amides is 1. The van der Waals surface area contributed by atoms with Gasteiger partial charge in [-0.2, -0.15) is 0 Å². The third-order valence-corrected chi connectivity index (χ3v) is 4.35. The number of hydrogen-bond donors (Lipinski definition) is 1. The molecule has 1 aromatic carbocycles. The van der Waals surface area contributed by atoms with Crippen LogP contribution >= 0.6 is 0 Å². The van der Waals surface area contributed by atoms with Gasteiger partial charge >= 0.3 is 0 Å². The van der Waals surface area contributed by atoms with Crippen molar-refractivity contribution in [2.24, 2.45) is 5.92 Å². The van der Waals surface area contributed by atoms with Crippen molar-refractivity contribution < 1.29 is 4.79 Å². The van der Waals surface area contributed by atoms with Crippen molar-refractivity contribution >= 4 is 17.3 Å². The van der Waals surface area contributed by atoms with E-state index >= 15 is 0 Å². The number of likely N-dealkylation sites (tertiary alicyclic amines) is 1. The zero-order valence-electron chi connectivity index (χ0n) is 13.4. The van der Waals surface area contributed by atoms with Crippen molar-refractivity contribution in [2.75, 3.05) is 43.4 Å². The van der Waals surface area contributed by atoms with Crippen LogP contribution in [0.5, 0.6) is 0 Å². The van der Waals surface area contributed by atoms with E-state index in [0.717, 1.165) is 44.7 Å². The van der Waals surface area contributed by atoms with Gasteiger partial charge in [-0.05, 0) is 71.1 Å². The number of anilines is 2. The molecule has 1 fully saturated rings. The minimum absolute atomic E-state index is 0.156. The molecular formula is C17H27N3O. The van der Waals surface area contributed by atoms with Crippen molar-refractivity contribution in [3.05, 3.63) is 24.3 Å². The summed E-state index contributed by atoms with van der Waals surface area (Å²) in [5, 5.41) is 3.05. The minimum atomic E-state index is 0.156. The molecule has 116 valence electrons. The summed E-state index contributed by atoms with van der Waals surface area (Å²) in [6.45, 7) is 8.33. The number of nitrogens with zero attached hydrogens (tertiary/aromatic N) is 2. The minimum Gasteiger partial charge on any atom is -0.372 e. The Hall–Kier alpha value is -1.55. The van der Waals surface area contributed by atoms with Crippen LogP contribution < -0.4 is 10.2 Å². The molecule has 2 rings (SSSR count). The molecule has 1 heterocycles. The second kappa shape index (κ2) is 7.46. The fourth-order valence-electron chi connectivity index (χ4n) is 2.86. The third kappa shape index (κ3) is 4.21. The molecule has 1 amide bonds.